The molecule has 0 amide bonds. The largest absolute Gasteiger partial charge is 0.506 e. The maximum absolute atomic E-state index is 12.1. The van der Waals surface area contributed by atoms with Crippen LogP contribution in [0, 0.1) is 0 Å². The molecule has 0 aliphatic carbocycles. The van der Waals surface area contributed by atoms with E-state index in [-0.39, 0.29) is 28.5 Å². The highest BCUT2D eigenvalue weighted by Gasteiger charge is 2.24. The molecule has 0 saturated heterocycles. The second-order valence-corrected chi connectivity index (χ2v) is 9.01. The summed E-state index contributed by atoms with van der Waals surface area (Å²) in [5, 5.41) is 10.7. The number of sulfonamides is 1. The monoisotopic (exact) mass is 470 g/mol. The van der Waals surface area contributed by atoms with E-state index in [1.165, 1.54) is 31.0 Å². The number of fused-ring (bicyclic) bond motifs is 1. The van der Waals surface area contributed by atoms with Gasteiger partial charge in [-0.25, -0.2) is 28.4 Å². The number of methoxy groups -OCH3 is 1. The van der Waals surface area contributed by atoms with E-state index in [0.29, 0.717) is 29.8 Å². The van der Waals surface area contributed by atoms with Gasteiger partial charge in [-0.3, -0.25) is 8.87 Å². The van der Waals surface area contributed by atoms with Crippen molar-refractivity contribution in [1.82, 2.24) is 24.5 Å². The predicted molar refractivity (Wildman–Crippen MR) is 123 cm³/mol. The van der Waals surface area contributed by atoms with Crippen LogP contribution >= 0.6 is 0 Å². The Kier molecular flexibility index (Phi) is 5.77. The van der Waals surface area contributed by atoms with Crippen molar-refractivity contribution in [2.75, 3.05) is 31.3 Å². The van der Waals surface area contributed by atoms with Gasteiger partial charge in [0.2, 0.25) is 15.9 Å². The van der Waals surface area contributed by atoms with Gasteiger partial charge in [-0.15, -0.1) is 0 Å². The number of rotatable bonds is 7. The van der Waals surface area contributed by atoms with Crippen LogP contribution in [0.1, 0.15) is 6.92 Å². The molecule has 0 saturated carbocycles. The minimum atomic E-state index is -3.58. The summed E-state index contributed by atoms with van der Waals surface area (Å²) in [5.41, 5.74) is 1.13. The van der Waals surface area contributed by atoms with Crippen LogP contribution in [0.3, 0.4) is 0 Å². The third-order valence-corrected chi connectivity index (χ3v) is 6.03. The third-order valence-electron chi connectivity index (χ3n) is 4.84. The molecular formula is C21H22N6O5S. The normalized spacial score (nSPS) is 11.5. The topological polar surface area (TPSA) is 133 Å². The number of benzene rings is 1. The van der Waals surface area contributed by atoms with Crippen LogP contribution in [0.5, 0.6) is 17.4 Å². The second-order valence-electron chi connectivity index (χ2n) is 7.00. The van der Waals surface area contributed by atoms with Crippen LogP contribution in [-0.2, 0) is 10.0 Å². The first-order chi connectivity index (χ1) is 15.7. The Labute approximate surface area is 190 Å². The van der Waals surface area contributed by atoms with Gasteiger partial charge in [0, 0.05) is 13.1 Å². The molecular weight excluding hydrogens is 448 g/mol. The summed E-state index contributed by atoms with van der Waals surface area (Å²) in [6, 6.07) is 10.0. The van der Waals surface area contributed by atoms with Crippen LogP contribution in [0.15, 0.2) is 42.6 Å². The van der Waals surface area contributed by atoms with Crippen LogP contribution in [0.25, 0.3) is 28.5 Å². The SMILES string of the molecule is CCOc1cccc(-c2nc3ncc(N(C)S(C)(=O)=O)nc3n2-c2c(O)cccc2OC)n1. The van der Waals surface area contributed by atoms with E-state index in [1.54, 1.807) is 30.3 Å². The Bertz CT molecular complexity index is 1440. The zero-order valence-corrected chi connectivity index (χ0v) is 19.2. The lowest BCUT2D eigenvalue weighted by molar-refractivity contribution is 0.327. The van der Waals surface area contributed by atoms with Crippen molar-refractivity contribution >= 4 is 27.1 Å². The first-order valence-corrected chi connectivity index (χ1v) is 11.8. The molecule has 0 aliphatic heterocycles. The number of aromatic hydroxyl groups is 1. The first kappa shape index (κ1) is 22.3. The maximum atomic E-state index is 12.1. The number of hydrogen-bond donors (Lipinski definition) is 1. The lowest BCUT2D eigenvalue weighted by atomic mass is 10.2. The Balaban J connectivity index is 2.07. The summed E-state index contributed by atoms with van der Waals surface area (Å²) >= 11 is 0. The van der Waals surface area contributed by atoms with Crippen LogP contribution < -0.4 is 13.8 Å². The van der Waals surface area contributed by atoms with E-state index in [2.05, 4.69) is 19.9 Å². The number of pyridine rings is 1. The number of imidazole rings is 1. The van der Waals surface area contributed by atoms with Crippen LogP contribution in [-0.4, -0.2) is 65.0 Å². The summed E-state index contributed by atoms with van der Waals surface area (Å²) in [6.07, 6.45) is 2.38. The molecule has 1 aromatic carbocycles. The lowest BCUT2D eigenvalue weighted by Gasteiger charge is -2.16. The molecule has 3 heterocycles. The van der Waals surface area contributed by atoms with Crippen molar-refractivity contribution in [2.45, 2.75) is 6.92 Å². The van der Waals surface area contributed by atoms with Gasteiger partial charge in [0.25, 0.3) is 0 Å². The molecule has 4 rings (SSSR count). The summed E-state index contributed by atoms with van der Waals surface area (Å²) in [6.45, 7) is 2.29. The highest BCUT2D eigenvalue weighted by molar-refractivity contribution is 7.92. The smallest absolute Gasteiger partial charge is 0.233 e. The molecule has 0 fully saturated rings. The minimum absolute atomic E-state index is 0.0862. The number of phenols is 1. The van der Waals surface area contributed by atoms with E-state index in [1.807, 2.05) is 6.92 Å². The van der Waals surface area contributed by atoms with Crippen molar-refractivity contribution < 1.29 is 23.0 Å². The summed E-state index contributed by atoms with van der Waals surface area (Å²) in [5.74, 6) is 1.05. The fourth-order valence-electron chi connectivity index (χ4n) is 3.22. The van der Waals surface area contributed by atoms with Crippen molar-refractivity contribution in [2.24, 2.45) is 0 Å². The fourth-order valence-corrected chi connectivity index (χ4v) is 3.64. The van der Waals surface area contributed by atoms with Gasteiger partial charge in [-0.2, -0.15) is 0 Å². The average molecular weight is 471 g/mol. The molecule has 0 spiro atoms. The molecule has 3 aromatic heterocycles. The quantitative estimate of drug-likeness (QED) is 0.432. The third kappa shape index (κ3) is 4.12. The van der Waals surface area contributed by atoms with Gasteiger partial charge in [0.15, 0.2) is 22.9 Å². The predicted octanol–water partition coefficient (Wildman–Crippen LogP) is 2.39. The fraction of sp³-hybridized carbons (Fsp3) is 0.238. The number of para-hydroxylation sites is 1. The number of aromatic nitrogens is 5. The van der Waals surface area contributed by atoms with E-state index in [4.69, 9.17) is 9.47 Å². The molecule has 0 atom stereocenters. The molecule has 0 aliphatic rings. The van der Waals surface area contributed by atoms with Gasteiger partial charge in [0.1, 0.15) is 22.9 Å². The van der Waals surface area contributed by atoms with E-state index in [0.717, 1.165) is 10.6 Å². The molecule has 33 heavy (non-hydrogen) atoms. The summed E-state index contributed by atoms with van der Waals surface area (Å²) in [4.78, 5) is 17.9. The van der Waals surface area contributed by atoms with Gasteiger partial charge in [-0.05, 0) is 25.1 Å². The van der Waals surface area contributed by atoms with Crippen molar-refractivity contribution in [3.05, 3.63) is 42.6 Å². The molecule has 0 bridgehead atoms. The average Bonchev–Trinajstić information content (AvgIpc) is 3.16. The maximum Gasteiger partial charge on any atom is 0.233 e. The van der Waals surface area contributed by atoms with E-state index in [9.17, 15) is 13.5 Å². The second kappa shape index (κ2) is 8.54. The van der Waals surface area contributed by atoms with Crippen molar-refractivity contribution in [3.8, 4) is 34.6 Å². The highest BCUT2D eigenvalue weighted by Crippen LogP contribution is 2.37. The molecule has 11 nitrogen and oxygen atoms in total. The van der Waals surface area contributed by atoms with Crippen molar-refractivity contribution in [1.29, 1.82) is 0 Å². The molecule has 12 heteroatoms. The number of anilines is 1. The standard InChI is InChI=1S/C21H22N6O5S/c1-5-32-17-11-6-8-13(23-17)20-25-19-21(24-16(12-22-19)26(2)33(4,29)30)27(20)18-14(28)9-7-10-15(18)31-3/h6-12,28H,5H2,1-4H3. The van der Waals surface area contributed by atoms with Gasteiger partial charge >= 0.3 is 0 Å². The Hall–Kier alpha value is -3.93. The zero-order valence-electron chi connectivity index (χ0n) is 18.4. The number of phenolic OH excluding ortho intramolecular Hbond substituents is 1. The lowest BCUT2D eigenvalue weighted by Crippen LogP contribution is -2.26. The van der Waals surface area contributed by atoms with Gasteiger partial charge in [0.05, 0.1) is 26.2 Å². The number of nitrogens with zero attached hydrogens (tertiary/aromatic N) is 6. The summed E-state index contributed by atoms with van der Waals surface area (Å²) < 4.78 is 37.6. The number of ether oxygens (including phenoxy) is 2. The van der Waals surface area contributed by atoms with E-state index >= 15 is 0 Å². The summed E-state index contributed by atoms with van der Waals surface area (Å²) in [7, 11) is -0.735. The molecule has 1 N–H and O–H groups in total. The van der Waals surface area contributed by atoms with Crippen LogP contribution in [0.4, 0.5) is 5.82 Å². The zero-order chi connectivity index (χ0) is 23.8. The molecule has 0 unspecified atom stereocenters. The Morgan fingerprint density at radius 2 is 1.88 bits per heavy atom. The van der Waals surface area contributed by atoms with E-state index < -0.39 is 10.0 Å². The Morgan fingerprint density at radius 1 is 1.12 bits per heavy atom. The molecule has 4 aromatic rings. The number of hydrogen-bond acceptors (Lipinski definition) is 9. The van der Waals surface area contributed by atoms with Gasteiger partial charge < -0.3 is 14.6 Å². The van der Waals surface area contributed by atoms with Crippen LogP contribution in [0.2, 0.25) is 0 Å². The van der Waals surface area contributed by atoms with Gasteiger partial charge in [-0.1, -0.05) is 12.1 Å². The highest BCUT2D eigenvalue weighted by atomic mass is 32.2. The minimum Gasteiger partial charge on any atom is -0.506 e. The molecule has 0 radical (unpaired) electrons. The molecule has 172 valence electrons. The Morgan fingerprint density at radius 3 is 2.58 bits per heavy atom. The van der Waals surface area contributed by atoms with Crippen molar-refractivity contribution in [3.63, 3.8) is 0 Å². The first-order valence-electron chi connectivity index (χ1n) is 9.90.